The molecule has 0 saturated carbocycles. The van der Waals surface area contributed by atoms with Gasteiger partial charge in [-0.1, -0.05) is 45.0 Å². The van der Waals surface area contributed by atoms with Crippen molar-refractivity contribution in [2.24, 2.45) is 10.9 Å². The van der Waals surface area contributed by atoms with Crippen LogP contribution in [0.25, 0.3) is 0 Å². The highest BCUT2D eigenvalue weighted by Gasteiger charge is 2.18. The standard InChI is InChI=1S/C27H37N3O/c1-27(2,3)23-8-6-9-24(17-23)31-14-5-4-7-20-10-11-25-22(15-20)16-26(30-25)29-19-21-12-13-28-18-21/h6,8-11,15,17,21,28H,4-5,7,12-14,16,18-19H2,1-3H3,(H,29,30). The van der Waals surface area contributed by atoms with E-state index in [0.717, 1.165) is 63.5 Å². The molecule has 1 unspecified atom stereocenters. The molecule has 166 valence electrons. The Bertz CT molecular complexity index is 907. The molecule has 2 aromatic carbocycles. The van der Waals surface area contributed by atoms with Crippen LogP contribution in [0.3, 0.4) is 0 Å². The van der Waals surface area contributed by atoms with Gasteiger partial charge in [0.1, 0.15) is 11.6 Å². The molecule has 4 nitrogen and oxygen atoms in total. The van der Waals surface area contributed by atoms with Crippen LogP contribution >= 0.6 is 0 Å². The van der Waals surface area contributed by atoms with Crippen LogP contribution in [0.5, 0.6) is 5.75 Å². The van der Waals surface area contributed by atoms with Gasteiger partial charge in [-0.3, -0.25) is 4.99 Å². The van der Waals surface area contributed by atoms with Gasteiger partial charge < -0.3 is 15.4 Å². The summed E-state index contributed by atoms with van der Waals surface area (Å²) in [5.41, 5.74) is 5.50. The van der Waals surface area contributed by atoms with E-state index in [9.17, 15) is 0 Å². The van der Waals surface area contributed by atoms with Crippen LogP contribution in [0, 0.1) is 5.92 Å². The molecular weight excluding hydrogens is 382 g/mol. The maximum absolute atomic E-state index is 6.01. The van der Waals surface area contributed by atoms with Crippen LogP contribution in [0.1, 0.15) is 56.7 Å². The third-order valence-corrected chi connectivity index (χ3v) is 6.34. The quantitative estimate of drug-likeness (QED) is 0.566. The van der Waals surface area contributed by atoms with E-state index < -0.39 is 0 Å². The first-order chi connectivity index (χ1) is 15.0. The monoisotopic (exact) mass is 419 g/mol. The molecule has 2 N–H and O–H groups in total. The Balaban J connectivity index is 1.20. The van der Waals surface area contributed by atoms with Gasteiger partial charge in [0.15, 0.2) is 0 Å². The Labute approximate surface area is 187 Å². The minimum absolute atomic E-state index is 0.153. The number of aryl methyl sites for hydroxylation is 1. The number of amidine groups is 1. The maximum atomic E-state index is 6.01. The molecule has 0 aromatic heterocycles. The molecule has 0 bridgehead atoms. The predicted octanol–water partition coefficient (Wildman–Crippen LogP) is 5.36. The summed E-state index contributed by atoms with van der Waals surface area (Å²) in [6.07, 6.45) is 5.49. The number of fused-ring (bicyclic) bond motifs is 1. The van der Waals surface area contributed by atoms with Crippen molar-refractivity contribution < 1.29 is 4.74 Å². The minimum Gasteiger partial charge on any atom is -0.494 e. The van der Waals surface area contributed by atoms with Crippen LogP contribution < -0.4 is 15.4 Å². The molecule has 4 rings (SSSR count). The normalized spacial score (nSPS) is 19.5. The number of anilines is 1. The Morgan fingerprint density at radius 2 is 2.00 bits per heavy atom. The fourth-order valence-corrected chi connectivity index (χ4v) is 4.33. The van der Waals surface area contributed by atoms with Crippen molar-refractivity contribution in [2.45, 2.75) is 58.3 Å². The zero-order valence-electron chi connectivity index (χ0n) is 19.3. The van der Waals surface area contributed by atoms with E-state index in [1.165, 1.54) is 28.8 Å². The highest BCUT2D eigenvalue weighted by molar-refractivity contribution is 6.03. The van der Waals surface area contributed by atoms with Gasteiger partial charge in [-0.15, -0.1) is 0 Å². The van der Waals surface area contributed by atoms with E-state index in [-0.39, 0.29) is 5.41 Å². The number of hydrogen-bond acceptors (Lipinski definition) is 3. The molecule has 31 heavy (non-hydrogen) atoms. The fourth-order valence-electron chi connectivity index (χ4n) is 4.33. The van der Waals surface area contributed by atoms with E-state index in [2.05, 4.69) is 73.9 Å². The fraction of sp³-hybridized carbons (Fsp3) is 0.519. The second-order valence-corrected chi connectivity index (χ2v) is 10.0. The summed E-state index contributed by atoms with van der Waals surface area (Å²) in [4.78, 5) is 4.84. The molecule has 2 aromatic rings. The highest BCUT2D eigenvalue weighted by Crippen LogP contribution is 2.27. The topological polar surface area (TPSA) is 45.6 Å². The number of nitrogens with zero attached hydrogens (tertiary/aromatic N) is 1. The second kappa shape index (κ2) is 9.86. The van der Waals surface area contributed by atoms with E-state index in [1.807, 2.05) is 0 Å². The Morgan fingerprint density at radius 1 is 1.10 bits per heavy atom. The SMILES string of the molecule is CC(C)(C)c1cccc(OCCCCc2ccc3c(c2)CC(=NCC2CCNC2)N3)c1. The van der Waals surface area contributed by atoms with Gasteiger partial charge in [-0.2, -0.15) is 0 Å². The number of ether oxygens (including phenoxy) is 1. The Kier molecular flexibility index (Phi) is 6.96. The van der Waals surface area contributed by atoms with Crippen LogP contribution in [-0.4, -0.2) is 32.1 Å². The van der Waals surface area contributed by atoms with E-state index in [4.69, 9.17) is 9.73 Å². The average Bonchev–Trinajstić information content (AvgIpc) is 3.40. The van der Waals surface area contributed by atoms with Crippen molar-refractivity contribution in [1.29, 1.82) is 0 Å². The summed E-state index contributed by atoms with van der Waals surface area (Å²) in [7, 11) is 0. The van der Waals surface area contributed by atoms with Crippen LogP contribution in [0.2, 0.25) is 0 Å². The van der Waals surface area contributed by atoms with Gasteiger partial charge in [0.05, 0.1) is 6.61 Å². The molecule has 1 atom stereocenters. The average molecular weight is 420 g/mol. The summed E-state index contributed by atoms with van der Waals surface area (Å²) in [5, 5.41) is 6.92. The smallest absolute Gasteiger partial charge is 0.119 e. The van der Waals surface area contributed by atoms with Crippen molar-refractivity contribution in [3.8, 4) is 5.75 Å². The lowest BCUT2D eigenvalue weighted by molar-refractivity contribution is 0.306. The Morgan fingerprint density at radius 3 is 2.81 bits per heavy atom. The van der Waals surface area contributed by atoms with Gasteiger partial charge >= 0.3 is 0 Å². The predicted molar refractivity (Wildman–Crippen MR) is 131 cm³/mol. The molecule has 0 spiro atoms. The molecule has 4 heteroatoms. The van der Waals surface area contributed by atoms with Crippen molar-refractivity contribution in [1.82, 2.24) is 5.32 Å². The Hall–Kier alpha value is -2.33. The van der Waals surface area contributed by atoms with Crippen molar-refractivity contribution in [3.63, 3.8) is 0 Å². The number of benzene rings is 2. The third-order valence-electron chi connectivity index (χ3n) is 6.34. The lowest BCUT2D eigenvalue weighted by Gasteiger charge is -2.19. The van der Waals surface area contributed by atoms with Crippen molar-refractivity contribution >= 4 is 11.5 Å². The van der Waals surface area contributed by atoms with E-state index in [1.54, 1.807) is 0 Å². The van der Waals surface area contributed by atoms with Crippen LogP contribution in [-0.2, 0) is 18.3 Å². The lowest BCUT2D eigenvalue weighted by atomic mass is 9.87. The molecule has 0 amide bonds. The number of aliphatic imine (C=N–C) groups is 1. The zero-order valence-corrected chi connectivity index (χ0v) is 19.3. The molecule has 2 heterocycles. The number of unbranched alkanes of at least 4 members (excludes halogenated alkanes) is 1. The van der Waals surface area contributed by atoms with Crippen molar-refractivity contribution in [2.75, 3.05) is 31.6 Å². The molecule has 0 radical (unpaired) electrons. The first-order valence-electron chi connectivity index (χ1n) is 11.8. The van der Waals surface area contributed by atoms with Gasteiger partial charge in [0.2, 0.25) is 0 Å². The zero-order chi connectivity index (χ0) is 21.7. The summed E-state index contributed by atoms with van der Waals surface area (Å²) < 4.78 is 6.01. The molecular formula is C27H37N3O. The second-order valence-electron chi connectivity index (χ2n) is 10.0. The summed E-state index contributed by atoms with van der Waals surface area (Å²) in [6.45, 7) is 10.7. The highest BCUT2D eigenvalue weighted by atomic mass is 16.5. The third kappa shape index (κ3) is 6.10. The first kappa shape index (κ1) is 21.9. The summed E-state index contributed by atoms with van der Waals surface area (Å²) in [5.74, 6) is 2.81. The van der Waals surface area contributed by atoms with E-state index >= 15 is 0 Å². The summed E-state index contributed by atoms with van der Waals surface area (Å²) in [6, 6.07) is 15.3. The number of rotatable bonds is 8. The molecule has 0 aliphatic carbocycles. The van der Waals surface area contributed by atoms with E-state index in [0.29, 0.717) is 5.92 Å². The molecule has 2 aliphatic heterocycles. The largest absolute Gasteiger partial charge is 0.494 e. The van der Waals surface area contributed by atoms with Crippen molar-refractivity contribution in [3.05, 3.63) is 59.2 Å². The lowest BCUT2D eigenvalue weighted by Crippen LogP contribution is -2.14. The molecule has 1 fully saturated rings. The molecule has 2 aliphatic rings. The number of hydrogen-bond donors (Lipinski definition) is 2. The van der Waals surface area contributed by atoms with Gasteiger partial charge in [0, 0.05) is 18.7 Å². The maximum Gasteiger partial charge on any atom is 0.119 e. The number of nitrogens with one attached hydrogen (secondary N) is 2. The first-order valence-corrected chi connectivity index (χ1v) is 11.8. The van der Waals surface area contributed by atoms with Gasteiger partial charge in [0.25, 0.3) is 0 Å². The van der Waals surface area contributed by atoms with Crippen LogP contribution in [0.4, 0.5) is 5.69 Å². The molecule has 1 saturated heterocycles. The minimum atomic E-state index is 0.153. The van der Waals surface area contributed by atoms with Crippen LogP contribution in [0.15, 0.2) is 47.5 Å². The van der Waals surface area contributed by atoms with Gasteiger partial charge in [-0.05, 0) is 85.0 Å². The van der Waals surface area contributed by atoms with Gasteiger partial charge in [-0.25, -0.2) is 0 Å². The summed E-state index contributed by atoms with van der Waals surface area (Å²) >= 11 is 0.